The lowest BCUT2D eigenvalue weighted by Crippen LogP contribution is -2.39. The molecule has 3 rings (SSSR count). The van der Waals surface area contributed by atoms with Gasteiger partial charge in [-0.05, 0) is 19.3 Å². The standard InChI is InChI=1S/C12H19N5O.ClH/c18-12(4-7-17-8-5-13-15-17)16-6-3-10-1-2-11(9-16)14-10;/h5,8,10-11,14H,1-4,6-7,9H2;1H. The van der Waals surface area contributed by atoms with Crippen LogP contribution < -0.4 is 5.32 Å². The Morgan fingerprint density at radius 2 is 2.16 bits per heavy atom. The van der Waals surface area contributed by atoms with Gasteiger partial charge in [0, 0.05) is 37.8 Å². The van der Waals surface area contributed by atoms with Gasteiger partial charge in [-0.1, -0.05) is 5.21 Å². The maximum atomic E-state index is 12.2. The SMILES string of the molecule is Cl.O=C(CCn1ccnn1)N1CCC2CCC(C1)N2. The Kier molecular flexibility index (Phi) is 4.76. The van der Waals surface area contributed by atoms with Crippen molar-refractivity contribution < 1.29 is 4.79 Å². The molecule has 1 amide bonds. The summed E-state index contributed by atoms with van der Waals surface area (Å²) in [6.45, 7) is 2.38. The molecule has 0 aromatic carbocycles. The molecule has 1 N–H and O–H groups in total. The number of carbonyl (C=O) groups is 1. The van der Waals surface area contributed by atoms with Crippen molar-refractivity contribution in [3.63, 3.8) is 0 Å². The number of nitrogens with one attached hydrogen (secondary N) is 1. The molecule has 2 unspecified atom stereocenters. The van der Waals surface area contributed by atoms with Crippen LogP contribution in [0.5, 0.6) is 0 Å². The number of halogens is 1. The number of likely N-dealkylation sites (tertiary alicyclic amines) is 1. The average molecular weight is 286 g/mol. The van der Waals surface area contributed by atoms with Crippen LogP contribution in [0.2, 0.25) is 0 Å². The van der Waals surface area contributed by atoms with Crippen LogP contribution in [0.4, 0.5) is 0 Å². The first-order valence-electron chi connectivity index (χ1n) is 6.69. The van der Waals surface area contributed by atoms with Gasteiger partial charge in [0.05, 0.1) is 12.7 Å². The summed E-state index contributed by atoms with van der Waals surface area (Å²) in [5, 5.41) is 11.2. The molecule has 0 spiro atoms. The molecule has 1 aromatic heterocycles. The second-order valence-corrected chi connectivity index (χ2v) is 5.18. The third kappa shape index (κ3) is 3.45. The van der Waals surface area contributed by atoms with Gasteiger partial charge in [0.1, 0.15) is 0 Å². The zero-order valence-corrected chi connectivity index (χ0v) is 11.7. The Labute approximate surface area is 118 Å². The first-order valence-corrected chi connectivity index (χ1v) is 6.69. The summed E-state index contributed by atoms with van der Waals surface area (Å²) in [6, 6.07) is 1.14. The zero-order chi connectivity index (χ0) is 12.4. The summed E-state index contributed by atoms with van der Waals surface area (Å²) in [5.74, 6) is 0.236. The van der Waals surface area contributed by atoms with Crippen molar-refractivity contribution in [3.8, 4) is 0 Å². The molecule has 2 aliphatic heterocycles. The summed E-state index contributed by atoms with van der Waals surface area (Å²) in [6.07, 6.45) is 7.51. The predicted molar refractivity (Wildman–Crippen MR) is 73.0 cm³/mol. The number of hydrogen-bond donors (Lipinski definition) is 1. The van der Waals surface area contributed by atoms with Gasteiger partial charge in [0.25, 0.3) is 0 Å². The molecule has 106 valence electrons. The van der Waals surface area contributed by atoms with Crippen LogP contribution in [0.1, 0.15) is 25.7 Å². The van der Waals surface area contributed by atoms with Crippen molar-refractivity contribution in [2.24, 2.45) is 0 Å². The lowest BCUT2D eigenvalue weighted by Gasteiger charge is -2.24. The molecular weight excluding hydrogens is 266 g/mol. The highest BCUT2D eigenvalue weighted by Crippen LogP contribution is 2.20. The minimum Gasteiger partial charge on any atom is -0.341 e. The topological polar surface area (TPSA) is 63.1 Å². The van der Waals surface area contributed by atoms with Crippen molar-refractivity contribution >= 4 is 18.3 Å². The summed E-state index contributed by atoms with van der Waals surface area (Å²) in [7, 11) is 0. The van der Waals surface area contributed by atoms with Gasteiger partial charge < -0.3 is 10.2 Å². The van der Waals surface area contributed by atoms with Gasteiger partial charge in [0.15, 0.2) is 0 Å². The molecule has 19 heavy (non-hydrogen) atoms. The minimum absolute atomic E-state index is 0. The van der Waals surface area contributed by atoms with Gasteiger partial charge in [-0.25, -0.2) is 0 Å². The zero-order valence-electron chi connectivity index (χ0n) is 10.9. The number of fused-ring (bicyclic) bond motifs is 2. The van der Waals surface area contributed by atoms with E-state index in [2.05, 4.69) is 15.6 Å². The molecule has 2 saturated heterocycles. The normalized spacial score (nSPS) is 25.8. The summed E-state index contributed by atoms with van der Waals surface area (Å²) in [5.41, 5.74) is 0. The molecule has 3 heterocycles. The molecule has 2 aliphatic rings. The summed E-state index contributed by atoms with van der Waals surface area (Å²) < 4.78 is 1.71. The largest absolute Gasteiger partial charge is 0.341 e. The van der Waals surface area contributed by atoms with Crippen LogP contribution in [-0.2, 0) is 11.3 Å². The van der Waals surface area contributed by atoms with Crippen molar-refractivity contribution in [1.82, 2.24) is 25.2 Å². The van der Waals surface area contributed by atoms with E-state index in [1.807, 2.05) is 4.90 Å². The Balaban J connectivity index is 0.00000133. The van der Waals surface area contributed by atoms with Crippen molar-refractivity contribution in [1.29, 1.82) is 0 Å². The van der Waals surface area contributed by atoms with Crippen LogP contribution in [0.3, 0.4) is 0 Å². The van der Waals surface area contributed by atoms with Crippen molar-refractivity contribution in [3.05, 3.63) is 12.4 Å². The Hall–Kier alpha value is -1.14. The van der Waals surface area contributed by atoms with E-state index in [4.69, 9.17) is 0 Å². The second-order valence-electron chi connectivity index (χ2n) is 5.18. The monoisotopic (exact) mass is 285 g/mol. The van der Waals surface area contributed by atoms with Crippen LogP contribution in [-0.4, -0.2) is 51.0 Å². The predicted octanol–water partition coefficient (Wildman–Crippen LogP) is 0.443. The number of aromatic nitrogens is 3. The first-order chi connectivity index (χ1) is 8.81. The quantitative estimate of drug-likeness (QED) is 0.875. The Morgan fingerprint density at radius 3 is 2.95 bits per heavy atom. The number of hydrogen-bond acceptors (Lipinski definition) is 4. The molecule has 7 heteroatoms. The third-order valence-electron chi connectivity index (χ3n) is 3.90. The summed E-state index contributed by atoms with van der Waals surface area (Å²) in [4.78, 5) is 14.2. The summed E-state index contributed by atoms with van der Waals surface area (Å²) >= 11 is 0. The van der Waals surface area contributed by atoms with E-state index in [9.17, 15) is 4.79 Å². The molecule has 0 radical (unpaired) electrons. The van der Waals surface area contributed by atoms with Crippen LogP contribution >= 0.6 is 12.4 Å². The first kappa shape index (κ1) is 14.3. The van der Waals surface area contributed by atoms with Crippen LogP contribution in [0, 0.1) is 0 Å². The van der Waals surface area contributed by atoms with E-state index < -0.39 is 0 Å². The molecule has 0 saturated carbocycles. The lowest BCUT2D eigenvalue weighted by molar-refractivity contribution is -0.131. The Bertz CT molecular complexity index is 410. The Morgan fingerprint density at radius 1 is 1.32 bits per heavy atom. The minimum atomic E-state index is 0. The fraction of sp³-hybridized carbons (Fsp3) is 0.750. The van der Waals surface area contributed by atoms with E-state index >= 15 is 0 Å². The van der Waals surface area contributed by atoms with E-state index in [0.717, 1.165) is 19.5 Å². The maximum absolute atomic E-state index is 12.2. The molecule has 0 aliphatic carbocycles. The molecule has 2 fully saturated rings. The molecular formula is C12H20ClN5O. The number of aryl methyl sites for hydroxylation is 1. The van der Waals surface area contributed by atoms with E-state index in [0.29, 0.717) is 25.0 Å². The molecule has 6 nitrogen and oxygen atoms in total. The maximum Gasteiger partial charge on any atom is 0.224 e. The van der Waals surface area contributed by atoms with Gasteiger partial charge in [-0.3, -0.25) is 9.48 Å². The number of amides is 1. The molecule has 1 aromatic rings. The van der Waals surface area contributed by atoms with E-state index in [-0.39, 0.29) is 18.3 Å². The molecule has 2 atom stereocenters. The van der Waals surface area contributed by atoms with E-state index in [1.54, 1.807) is 17.1 Å². The highest BCUT2D eigenvalue weighted by Gasteiger charge is 2.30. The third-order valence-corrected chi connectivity index (χ3v) is 3.90. The van der Waals surface area contributed by atoms with Crippen LogP contribution in [0.15, 0.2) is 12.4 Å². The van der Waals surface area contributed by atoms with Crippen LogP contribution in [0.25, 0.3) is 0 Å². The van der Waals surface area contributed by atoms with Gasteiger partial charge in [-0.15, -0.1) is 17.5 Å². The smallest absolute Gasteiger partial charge is 0.224 e. The number of carbonyl (C=O) groups excluding carboxylic acids is 1. The van der Waals surface area contributed by atoms with Gasteiger partial charge in [-0.2, -0.15) is 0 Å². The van der Waals surface area contributed by atoms with Gasteiger partial charge >= 0.3 is 0 Å². The highest BCUT2D eigenvalue weighted by atomic mass is 35.5. The van der Waals surface area contributed by atoms with E-state index in [1.165, 1.54) is 12.8 Å². The fourth-order valence-electron chi connectivity index (χ4n) is 2.89. The number of rotatable bonds is 3. The number of nitrogens with zero attached hydrogens (tertiary/aromatic N) is 4. The van der Waals surface area contributed by atoms with Crippen molar-refractivity contribution in [2.75, 3.05) is 13.1 Å². The molecule has 2 bridgehead atoms. The fourth-order valence-corrected chi connectivity index (χ4v) is 2.89. The van der Waals surface area contributed by atoms with Crippen molar-refractivity contribution in [2.45, 2.75) is 44.3 Å². The average Bonchev–Trinajstić information content (AvgIpc) is 2.96. The second kappa shape index (κ2) is 6.34. The highest BCUT2D eigenvalue weighted by molar-refractivity contribution is 5.85. The van der Waals surface area contributed by atoms with Gasteiger partial charge in [0.2, 0.25) is 5.91 Å². The lowest BCUT2D eigenvalue weighted by atomic mass is 10.1.